The molecule has 0 saturated heterocycles. The second-order valence-corrected chi connectivity index (χ2v) is 10.1. The standard InChI is InChI=1S/C27H22BrF3N6O2/c1-16-24(22-11-12-35(34-22)23-10-9-17(15-32)13-21(23)28)37(25(38)33-19-6-2-3-7-19)26(39)36(16)20-8-4-5-18(14-20)27(29,30)31/h4-5,8-14,19H,2-3,6-7H2,1H3,(H,33,38). The van der Waals surface area contributed by atoms with Gasteiger partial charge in [-0.15, -0.1) is 0 Å². The number of hydrogen-bond acceptors (Lipinski definition) is 4. The third-order valence-corrected chi connectivity index (χ3v) is 7.39. The van der Waals surface area contributed by atoms with E-state index in [9.17, 15) is 22.8 Å². The molecule has 5 rings (SSSR count). The van der Waals surface area contributed by atoms with Crippen molar-refractivity contribution in [3.8, 4) is 28.8 Å². The first-order chi connectivity index (χ1) is 18.6. The van der Waals surface area contributed by atoms with Gasteiger partial charge in [0.1, 0.15) is 11.4 Å². The molecule has 0 aliphatic heterocycles. The van der Waals surface area contributed by atoms with E-state index >= 15 is 0 Å². The quantitative estimate of drug-likeness (QED) is 0.314. The Kier molecular flexibility index (Phi) is 6.94. The van der Waals surface area contributed by atoms with Crippen LogP contribution < -0.4 is 11.0 Å². The van der Waals surface area contributed by atoms with E-state index in [1.54, 1.807) is 37.4 Å². The van der Waals surface area contributed by atoms with Gasteiger partial charge in [-0.05, 0) is 78.2 Å². The molecule has 1 aliphatic rings. The molecule has 1 fully saturated rings. The highest BCUT2D eigenvalue weighted by Gasteiger charge is 2.32. The van der Waals surface area contributed by atoms with Crippen molar-refractivity contribution in [1.82, 2.24) is 24.2 Å². The fraction of sp³-hybridized carbons (Fsp3) is 0.259. The van der Waals surface area contributed by atoms with Gasteiger partial charge in [-0.1, -0.05) is 18.9 Å². The lowest BCUT2D eigenvalue weighted by Gasteiger charge is -2.13. The summed E-state index contributed by atoms with van der Waals surface area (Å²) in [5.41, 5.74) is 0.0196. The summed E-state index contributed by atoms with van der Waals surface area (Å²) in [6, 6.07) is 12.3. The lowest BCUT2D eigenvalue weighted by atomic mass is 10.2. The summed E-state index contributed by atoms with van der Waals surface area (Å²) in [5.74, 6) is 0. The van der Waals surface area contributed by atoms with Crippen LogP contribution in [0, 0.1) is 18.3 Å². The van der Waals surface area contributed by atoms with Gasteiger partial charge in [-0.25, -0.2) is 18.8 Å². The second-order valence-electron chi connectivity index (χ2n) is 9.29. The molecule has 0 unspecified atom stereocenters. The average Bonchev–Trinajstić information content (AvgIpc) is 3.63. The van der Waals surface area contributed by atoms with Crippen LogP contribution in [-0.4, -0.2) is 31.0 Å². The lowest BCUT2D eigenvalue weighted by Crippen LogP contribution is -2.41. The molecule has 0 atom stereocenters. The summed E-state index contributed by atoms with van der Waals surface area (Å²) >= 11 is 3.43. The van der Waals surface area contributed by atoms with Crippen LogP contribution in [-0.2, 0) is 6.18 Å². The number of carbonyl (C=O) groups is 1. The highest BCUT2D eigenvalue weighted by molar-refractivity contribution is 9.10. The zero-order valence-corrected chi connectivity index (χ0v) is 22.3. The Hall–Kier alpha value is -4.11. The number of carbonyl (C=O) groups excluding carboxylic acids is 1. The molecule has 2 heterocycles. The topological polar surface area (TPSA) is 97.6 Å². The van der Waals surface area contributed by atoms with Gasteiger partial charge in [-0.2, -0.15) is 23.5 Å². The number of benzene rings is 2. The first-order valence-electron chi connectivity index (χ1n) is 12.2. The molecule has 2 aromatic heterocycles. The molecule has 1 saturated carbocycles. The van der Waals surface area contributed by atoms with E-state index in [-0.39, 0.29) is 28.8 Å². The van der Waals surface area contributed by atoms with Crippen molar-refractivity contribution in [2.75, 3.05) is 0 Å². The molecule has 1 amide bonds. The molecule has 12 heteroatoms. The molecular formula is C27H22BrF3N6O2. The van der Waals surface area contributed by atoms with Crippen molar-refractivity contribution in [3.05, 3.63) is 86.5 Å². The van der Waals surface area contributed by atoms with Crippen molar-refractivity contribution in [2.45, 2.75) is 44.8 Å². The van der Waals surface area contributed by atoms with Crippen LogP contribution in [0.4, 0.5) is 18.0 Å². The minimum absolute atomic E-state index is 0.0183. The third kappa shape index (κ3) is 5.02. The van der Waals surface area contributed by atoms with Crippen molar-refractivity contribution >= 4 is 22.0 Å². The molecule has 0 bridgehead atoms. The number of imidazole rings is 1. The molecule has 0 radical (unpaired) electrons. The monoisotopic (exact) mass is 598 g/mol. The van der Waals surface area contributed by atoms with Gasteiger partial charge in [0.2, 0.25) is 0 Å². The Morgan fingerprint density at radius 1 is 1.15 bits per heavy atom. The smallest absolute Gasteiger partial charge is 0.335 e. The maximum absolute atomic E-state index is 13.7. The molecule has 1 N–H and O–H groups in total. The van der Waals surface area contributed by atoms with E-state index < -0.39 is 23.5 Å². The van der Waals surface area contributed by atoms with E-state index in [0.717, 1.165) is 47.0 Å². The first kappa shape index (κ1) is 26.5. The highest BCUT2D eigenvalue weighted by atomic mass is 79.9. The fourth-order valence-electron chi connectivity index (χ4n) is 4.88. The van der Waals surface area contributed by atoms with Crippen LogP contribution in [0.2, 0.25) is 0 Å². The van der Waals surface area contributed by atoms with E-state index in [4.69, 9.17) is 5.26 Å². The largest absolute Gasteiger partial charge is 0.416 e. The van der Waals surface area contributed by atoms with Crippen molar-refractivity contribution in [2.24, 2.45) is 0 Å². The summed E-state index contributed by atoms with van der Waals surface area (Å²) < 4.78 is 44.5. The molecule has 8 nitrogen and oxygen atoms in total. The van der Waals surface area contributed by atoms with Crippen LogP contribution in [0.3, 0.4) is 0 Å². The summed E-state index contributed by atoms with van der Waals surface area (Å²) in [6.45, 7) is 1.56. The Morgan fingerprint density at radius 3 is 2.56 bits per heavy atom. The molecule has 2 aromatic carbocycles. The molecule has 4 aromatic rings. The first-order valence-corrected chi connectivity index (χ1v) is 13.0. The number of nitriles is 1. The van der Waals surface area contributed by atoms with Crippen LogP contribution in [0.1, 0.15) is 42.5 Å². The van der Waals surface area contributed by atoms with E-state index in [2.05, 4.69) is 32.4 Å². The molecule has 1 aliphatic carbocycles. The molecule has 39 heavy (non-hydrogen) atoms. The number of nitrogens with zero attached hydrogens (tertiary/aromatic N) is 5. The summed E-state index contributed by atoms with van der Waals surface area (Å²) in [7, 11) is 0. The van der Waals surface area contributed by atoms with Gasteiger partial charge in [0.05, 0.1) is 34.3 Å². The maximum Gasteiger partial charge on any atom is 0.416 e. The summed E-state index contributed by atoms with van der Waals surface area (Å²) in [5, 5.41) is 16.6. The number of halogens is 4. The van der Waals surface area contributed by atoms with E-state index in [1.165, 1.54) is 16.8 Å². The van der Waals surface area contributed by atoms with Crippen LogP contribution in [0.5, 0.6) is 0 Å². The predicted molar refractivity (Wildman–Crippen MR) is 141 cm³/mol. The predicted octanol–water partition coefficient (Wildman–Crippen LogP) is 5.95. The van der Waals surface area contributed by atoms with E-state index in [0.29, 0.717) is 15.7 Å². The molecule has 0 spiro atoms. The SMILES string of the molecule is Cc1c(-c2ccn(-c3ccc(C#N)cc3Br)n2)n(C(=O)NC2CCCC2)c(=O)n1-c1cccc(C(F)(F)F)c1. The number of amides is 1. The van der Waals surface area contributed by atoms with Gasteiger partial charge in [0.25, 0.3) is 0 Å². The minimum Gasteiger partial charge on any atom is -0.335 e. The Labute approximate surface area is 229 Å². The lowest BCUT2D eigenvalue weighted by molar-refractivity contribution is -0.137. The Morgan fingerprint density at radius 2 is 1.90 bits per heavy atom. The van der Waals surface area contributed by atoms with Crippen molar-refractivity contribution < 1.29 is 18.0 Å². The number of hydrogen-bond donors (Lipinski definition) is 1. The van der Waals surface area contributed by atoms with Gasteiger partial charge in [-0.3, -0.25) is 4.57 Å². The van der Waals surface area contributed by atoms with Crippen LogP contribution in [0.15, 0.2) is 64.0 Å². The number of rotatable bonds is 4. The second kappa shape index (κ2) is 10.2. The average molecular weight is 599 g/mol. The van der Waals surface area contributed by atoms with E-state index in [1.807, 2.05) is 0 Å². The number of aromatic nitrogens is 4. The Balaban J connectivity index is 1.66. The molecule has 200 valence electrons. The normalized spacial score (nSPS) is 13.9. The number of nitrogens with one attached hydrogen (secondary N) is 1. The maximum atomic E-state index is 13.7. The van der Waals surface area contributed by atoms with Gasteiger partial charge < -0.3 is 5.32 Å². The summed E-state index contributed by atoms with van der Waals surface area (Å²) in [4.78, 5) is 27.1. The zero-order valence-electron chi connectivity index (χ0n) is 20.7. The van der Waals surface area contributed by atoms with Gasteiger partial charge in [0.15, 0.2) is 0 Å². The van der Waals surface area contributed by atoms with Crippen molar-refractivity contribution in [1.29, 1.82) is 5.26 Å². The molecular weight excluding hydrogens is 577 g/mol. The fourth-order valence-corrected chi connectivity index (χ4v) is 5.44. The number of alkyl halides is 3. The highest BCUT2D eigenvalue weighted by Crippen LogP contribution is 2.32. The van der Waals surface area contributed by atoms with Crippen molar-refractivity contribution in [3.63, 3.8) is 0 Å². The summed E-state index contributed by atoms with van der Waals surface area (Å²) in [6.07, 6.45) is 0.509. The zero-order chi connectivity index (χ0) is 27.9. The minimum atomic E-state index is -4.61. The third-order valence-electron chi connectivity index (χ3n) is 6.76. The van der Waals surface area contributed by atoms with Gasteiger partial charge >= 0.3 is 17.9 Å². The Bertz CT molecular complexity index is 1670. The van der Waals surface area contributed by atoms with Gasteiger partial charge in [0, 0.05) is 16.7 Å². The van der Waals surface area contributed by atoms with Crippen LogP contribution in [0.25, 0.3) is 22.8 Å². The van der Waals surface area contributed by atoms with Crippen LogP contribution >= 0.6 is 15.9 Å².